The van der Waals surface area contributed by atoms with Gasteiger partial charge in [0, 0.05) is 18.2 Å². The van der Waals surface area contributed by atoms with E-state index in [1.165, 1.54) is 12.1 Å². The minimum Gasteiger partial charge on any atom is -0.336 e. The SMILES string of the molecule is CCN(C(=O)c1ccc(C(F)(F)F)cc1)C1CC1. The van der Waals surface area contributed by atoms with E-state index in [4.69, 9.17) is 0 Å². The zero-order chi connectivity index (χ0) is 13.3. The normalized spacial score (nSPS) is 15.6. The van der Waals surface area contributed by atoms with Gasteiger partial charge in [0.05, 0.1) is 5.56 Å². The van der Waals surface area contributed by atoms with Gasteiger partial charge in [0.2, 0.25) is 0 Å². The van der Waals surface area contributed by atoms with E-state index in [0.29, 0.717) is 12.1 Å². The highest BCUT2D eigenvalue weighted by molar-refractivity contribution is 5.94. The molecule has 1 aliphatic rings. The third-order valence-electron chi connectivity index (χ3n) is 3.05. The van der Waals surface area contributed by atoms with Gasteiger partial charge < -0.3 is 4.90 Å². The summed E-state index contributed by atoms with van der Waals surface area (Å²) in [7, 11) is 0. The summed E-state index contributed by atoms with van der Waals surface area (Å²) < 4.78 is 37.2. The first-order valence-electron chi connectivity index (χ1n) is 5.91. The molecule has 0 heterocycles. The van der Waals surface area contributed by atoms with Crippen molar-refractivity contribution in [2.75, 3.05) is 6.54 Å². The molecule has 1 aliphatic carbocycles. The van der Waals surface area contributed by atoms with Crippen molar-refractivity contribution in [3.63, 3.8) is 0 Å². The third kappa shape index (κ3) is 2.66. The molecule has 0 aliphatic heterocycles. The molecule has 0 saturated heterocycles. The van der Waals surface area contributed by atoms with Gasteiger partial charge in [-0.3, -0.25) is 4.79 Å². The number of amides is 1. The van der Waals surface area contributed by atoms with E-state index in [1.54, 1.807) is 4.90 Å². The Bertz CT molecular complexity index is 435. The number of nitrogens with zero attached hydrogens (tertiary/aromatic N) is 1. The van der Waals surface area contributed by atoms with E-state index in [9.17, 15) is 18.0 Å². The zero-order valence-corrected chi connectivity index (χ0v) is 10.00. The number of carbonyl (C=O) groups is 1. The van der Waals surface area contributed by atoms with Gasteiger partial charge in [0.25, 0.3) is 5.91 Å². The molecule has 0 aromatic heterocycles. The maximum absolute atomic E-state index is 12.4. The van der Waals surface area contributed by atoms with Gasteiger partial charge in [0.1, 0.15) is 0 Å². The van der Waals surface area contributed by atoms with Gasteiger partial charge in [-0.05, 0) is 44.0 Å². The summed E-state index contributed by atoms with van der Waals surface area (Å²) in [6.45, 7) is 2.46. The van der Waals surface area contributed by atoms with Crippen LogP contribution in [0.3, 0.4) is 0 Å². The lowest BCUT2D eigenvalue weighted by atomic mass is 10.1. The zero-order valence-electron chi connectivity index (χ0n) is 10.00. The fourth-order valence-corrected chi connectivity index (χ4v) is 1.92. The molecular weight excluding hydrogens is 243 g/mol. The molecule has 0 bridgehead atoms. The first kappa shape index (κ1) is 12.9. The predicted molar refractivity (Wildman–Crippen MR) is 61.2 cm³/mol. The molecular formula is C13H14F3NO. The lowest BCUT2D eigenvalue weighted by Crippen LogP contribution is -2.32. The first-order valence-corrected chi connectivity index (χ1v) is 5.91. The van der Waals surface area contributed by atoms with Crippen molar-refractivity contribution in [3.8, 4) is 0 Å². The van der Waals surface area contributed by atoms with Crippen LogP contribution >= 0.6 is 0 Å². The van der Waals surface area contributed by atoms with Crippen LogP contribution in [0.5, 0.6) is 0 Å². The summed E-state index contributed by atoms with van der Waals surface area (Å²) in [5.74, 6) is -0.186. The monoisotopic (exact) mass is 257 g/mol. The van der Waals surface area contributed by atoms with Crippen LogP contribution in [0.25, 0.3) is 0 Å². The second kappa shape index (κ2) is 4.63. The number of halogens is 3. The predicted octanol–water partition coefficient (Wildman–Crippen LogP) is 3.33. The van der Waals surface area contributed by atoms with E-state index in [-0.39, 0.29) is 11.9 Å². The molecule has 0 N–H and O–H groups in total. The fraction of sp³-hybridized carbons (Fsp3) is 0.462. The highest BCUT2D eigenvalue weighted by Gasteiger charge is 2.33. The lowest BCUT2D eigenvalue weighted by Gasteiger charge is -2.20. The Labute approximate surface area is 103 Å². The molecule has 98 valence electrons. The van der Waals surface area contributed by atoms with Crippen LogP contribution < -0.4 is 0 Å². The van der Waals surface area contributed by atoms with Crippen molar-refractivity contribution in [2.24, 2.45) is 0 Å². The summed E-state index contributed by atoms with van der Waals surface area (Å²) in [4.78, 5) is 13.8. The van der Waals surface area contributed by atoms with Crippen molar-refractivity contribution in [3.05, 3.63) is 35.4 Å². The van der Waals surface area contributed by atoms with Gasteiger partial charge in [-0.2, -0.15) is 13.2 Å². The highest BCUT2D eigenvalue weighted by Crippen LogP contribution is 2.30. The van der Waals surface area contributed by atoms with Crippen molar-refractivity contribution in [1.82, 2.24) is 4.90 Å². The van der Waals surface area contributed by atoms with Crippen LogP contribution in [-0.4, -0.2) is 23.4 Å². The Morgan fingerprint density at radius 3 is 2.22 bits per heavy atom. The summed E-state index contributed by atoms with van der Waals surface area (Å²) in [5.41, 5.74) is -0.412. The van der Waals surface area contributed by atoms with Crippen molar-refractivity contribution in [1.29, 1.82) is 0 Å². The van der Waals surface area contributed by atoms with Gasteiger partial charge >= 0.3 is 6.18 Å². The quantitative estimate of drug-likeness (QED) is 0.813. The second-order valence-corrected chi connectivity index (χ2v) is 4.40. The van der Waals surface area contributed by atoms with Crippen LogP contribution in [-0.2, 0) is 6.18 Å². The molecule has 1 saturated carbocycles. The Morgan fingerprint density at radius 1 is 1.28 bits per heavy atom. The van der Waals surface area contributed by atoms with Crippen LogP contribution in [0.15, 0.2) is 24.3 Å². The summed E-state index contributed by atoms with van der Waals surface area (Å²) in [5, 5.41) is 0. The van der Waals surface area contributed by atoms with Crippen LogP contribution in [0.1, 0.15) is 35.7 Å². The molecule has 2 nitrogen and oxygen atoms in total. The second-order valence-electron chi connectivity index (χ2n) is 4.40. The van der Waals surface area contributed by atoms with Crippen molar-refractivity contribution >= 4 is 5.91 Å². The minimum absolute atomic E-state index is 0.186. The topological polar surface area (TPSA) is 20.3 Å². The summed E-state index contributed by atoms with van der Waals surface area (Å²) in [6.07, 6.45) is -2.39. The first-order chi connectivity index (χ1) is 8.43. The Hall–Kier alpha value is -1.52. The number of rotatable bonds is 3. The van der Waals surface area contributed by atoms with E-state index in [0.717, 1.165) is 25.0 Å². The van der Waals surface area contributed by atoms with E-state index in [1.807, 2.05) is 6.92 Å². The number of carbonyl (C=O) groups excluding carboxylic acids is 1. The molecule has 1 amide bonds. The molecule has 18 heavy (non-hydrogen) atoms. The Morgan fingerprint density at radius 2 is 1.83 bits per heavy atom. The van der Waals surface area contributed by atoms with Crippen LogP contribution in [0, 0.1) is 0 Å². The molecule has 0 unspecified atom stereocenters. The number of alkyl halides is 3. The average Bonchev–Trinajstić information content (AvgIpc) is 3.13. The largest absolute Gasteiger partial charge is 0.416 e. The molecule has 1 fully saturated rings. The van der Waals surface area contributed by atoms with Crippen LogP contribution in [0.2, 0.25) is 0 Å². The van der Waals surface area contributed by atoms with Crippen molar-refractivity contribution < 1.29 is 18.0 Å². The lowest BCUT2D eigenvalue weighted by molar-refractivity contribution is -0.137. The van der Waals surface area contributed by atoms with Crippen LogP contribution in [0.4, 0.5) is 13.2 Å². The molecule has 0 spiro atoms. The van der Waals surface area contributed by atoms with Gasteiger partial charge in [0.15, 0.2) is 0 Å². The van der Waals surface area contributed by atoms with Gasteiger partial charge in [-0.1, -0.05) is 0 Å². The molecule has 1 aromatic carbocycles. The average molecular weight is 257 g/mol. The van der Waals surface area contributed by atoms with Crippen molar-refractivity contribution in [2.45, 2.75) is 32.0 Å². The summed E-state index contributed by atoms with van der Waals surface area (Å²) in [6, 6.07) is 4.67. The maximum atomic E-state index is 12.4. The van der Waals surface area contributed by atoms with E-state index in [2.05, 4.69) is 0 Å². The van der Waals surface area contributed by atoms with Gasteiger partial charge in [-0.15, -0.1) is 0 Å². The molecule has 0 atom stereocenters. The van der Waals surface area contributed by atoms with E-state index >= 15 is 0 Å². The fourth-order valence-electron chi connectivity index (χ4n) is 1.92. The number of hydrogen-bond donors (Lipinski definition) is 0. The molecule has 5 heteroatoms. The standard InChI is InChI=1S/C13H14F3NO/c1-2-17(11-7-8-11)12(18)9-3-5-10(6-4-9)13(14,15)16/h3-6,11H,2,7-8H2,1H3. The maximum Gasteiger partial charge on any atom is 0.416 e. The smallest absolute Gasteiger partial charge is 0.336 e. The molecule has 0 radical (unpaired) electrons. The number of benzene rings is 1. The van der Waals surface area contributed by atoms with E-state index < -0.39 is 11.7 Å². The Kier molecular flexibility index (Phi) is 3.32. The van der Waals surface area contributed by atoms with Gasteiger partial charge in [-0.25, -0.2) is 0 Å². The minimum atomic E-state index is -4.36. The number of hydrogen-bond acceptors (Lipinski definition) is 1. The highest BCUT2D eigenvalue weighted by atomic mass is 19.4. The molecule has 2 rings (SSSR count). The third-order valence-corrected chi connectivity index (χ3v) is 3.05. The Balaban J connectivity index is 2.16. The molecule has 1 aromatic rings. The summed E-state index contributed by atoms with van der Waals surface area (Å²) >= 11 is 0.